The van der Waals surface area contributed by atoms with Crippen molar-refractivity contribution < 1.29 is 32.7 Å². The van der Waals surface area contributed by atoms with Crippen LogP contribution in [-0.4, -0.2) is 38.7 Å². The average molecular weight is 499 g/mol. The van der Waals surface area contributed by atoms with Crippen molar-refractivity contribution in [3.63, 3.8) is 0 Å². The molecule has 0 heterocycles. The largest absolute Gasteiger partial charge is 0.493 e. The SMILES string of the molecule is CCOC(=O)C(C)NP(=O)(OC)Oc1ccc(CNC(=O)CCCC/C=C/C(C)C)cc1OC. The van der Waals surface area contributed by atoms with Crippen LogP contribution in [0, 0.1) is 5.92 Å². The zero-order valence-electron chi connectivity index (χ0n) is 21.1. The minimum absolute atomic E-state index is 0.0202. The zero-order chi connectivity index (χ0) is 25.6. The van der Waals surface area contributed by atoms with E-state index in [1.54, 1.807) is 25.1 Å². The van der Waals surface area contributed by atoms with Crippen LogP contribution in [0.3, 0.4) is 0 Å². The summed E-state index contributed by atoms with van der Waals surface area (Å²) in [5.41, 5.74) is 0.789. The topological polar surface area (TPSA) is 112 Å². The number of esters is 1. The normalized spacial score (nSPS) is 14.0. The molecule has 2 unspecified atom stereocenters. The molecule has 0 aliphatic carbocycles. The number of ether oxygens (including phenoxy) is 2. The van der Waals surface area contributed by atoms with Gasteiger partial charge in [-0.05, 0) is 56.7 Å². The molecule has 10 heteroatoms. The van der Waals surface area contributed by atoms with Crippen molar-refractivity contribution in [3.8, 4) is 11.5 Å². The Morgan fingerprint density at radius 2 is 1.85 bits per heavy atom. The van der Waals surface area contributed by atoms with Crippen molar-refractivity contribution in [2.75, 3.05) is 20.8 Å². The number of methoxy groups -OCH3 is 1. The molecule has 0 aromatic heterocycles. The maximum atomic E-state index is 13.0. The van der Waals surface area contributed by atoms with E-state index in [4.69, 9.17) is 18.5 Å². The van der Waals surface area contributed by atoms with Crippen LogP contribution in [0.15, 0.2) is 30.4 Å². The number of nitrogens with one attached hydrogen (secondary N) is 2. The fraction of sp³-hybridized carbons (Fsp3) is 0.583. The maximum absolute atomic E-state index is 13.0. The summed E-state index contributed by atoms with van der Waals surface area (Å²) >= 11 is 0. The van der Waals surface area contributed by atoms with Crippen LogP contribution in [0.5, 0.6) is 11.5 Å². The number of benzene rings is 1. The molecular formula is C24H39N2O7P. The lowest BCUT2D eigenvalue weighted by molar-refractivity contribution is -0.144. The van der Waals surface area contributed by atoms with Crippen molar-refractivity contribution in [1.82, 2.24) is 10.4 Å². The van der Waals surface area contributed by atoms with Crippen molar-refractivity contribution >= 4 is 19.6 Å². The van der Waals surface area contributed by atoms with Crippen LogP contribution in [0.4, 0.5) is 0 Å². The highest BCUT2D eigenvalue weighted by atomic mass is 31.2. The van der Waals surface area contributed by atoms with E-state index in [9.17, 15) is 14.2 Å². The smallest absolute Gasteiger partial charge is 0.459 e. The van der Waals surface area contributed by atoms with Crippen LogP contribution in [0.1, 0.15) is 58.9 Å². The Morgan fingerprint density at radius 3 is 2.47 bits per heavy atom. The van der Waals surface area contributed by atoms with E-state index < -0.39 is 19.8 Å². The summed E-state index contributed by atoms with van der Waals surface area (Å²) in [7, 11) is -1.21. The molecule has 0 bridgehead atoms. The lowest BCUT2D eigenvalue weighted by atomic mass is 10.1. The molecule has 0 saturated heterocycles. The summed E-state index contributed by atoms with van der Waals surface area (Å²) < 4.78 is 33.8. The first kappa shape index (κ1) is 29.7. The highest BCUT2D eigenvalue weighted by Gasteiger charge is 2.31. The first-order valence-corrected chi connectivity index (χ1v) is 13.1. The third-order valence-corrected chi connectivity index (χ3v) is 6.34. The van der Waals surface area contributed by atoms with Gasteiger partial charge < -0.3 is 19.3 Å². The van der Waals surface area contributed by atoms with Crippen LogP contribution in [0.25, 0.3) is 0 Å². The molecule has 192 valence electrons. The van der Waals surface area contributed by atoms with Gasteiger partial charge >= 0.3 is 13.7 Å². The quantitative estimate of drug-likeness (QED) is 0.145. The number of amides is 1. The molecule has 1 amide bonds. The van der Waals surface area contributed by atoms with E-state index in [2.05, 4.69) is 36.4 Å². The monoisotopic (exact) mass is 498 g/mol. The molecule has 0 aliphatic rings. The van der Waals surface area contributed by atoms with Gasteiger partial charge in [-0.1, -0.05) is 32.1 Å². The summed E-state index contributed by atoms with van der Waals surface area (Å²) in [4.78, 5) is 24.0. The standard InChI is InChI=1S/C24H39N2O7P/c1-7-32-24(28)19(4)26-34(29,31-6)33-21-15-14-20(16-22(21)30-5)17-25-23(27)13-11-9-8-10-12-18(2)3/h10,12,14-16,18-19H,7-9,11,13,17H2,1-6H3,(H,25,27)(H,26,29)/b12-10+. The molecule has 1 rings (SSSR count). The molecule has 2 N–H and O–H groups in total. The number of carbonyl (C=O) groups is 2. The number of allylic oxidation sites excluding steroid dienone is 2. The summed E-state index contributed by atoms with van der Waals surface area (Å²) in [6.07, 6.45) is 7.57. The summed E-state index contributed by atoms with van der Waals surface area (Å²) in [6.45, 7) is 7.97. The molecule has 0 fully saturated rings. The minimum atomic E-state index is -3.87. The Labute approximate surface area is 203 Å². The highest BCUT2D eigenvalue weighted by Crippen LogP contribution is 2.46. The van der Waals surface area contributed by atoms with Crippen LogP contribution < -0.4 is 19.7 Å². The van der Waals surface area contributed by atoms with Gasteiger partial charge in [-0.15, -0.1) is 0 Å². The van der Waals surface area contributed by atoms with Gasteiger partial charge in [-0.2, -0.15) is 5.09 Å². The first-order chi connectivity index (χ1) is 16.1. The van der Waals surface area contributed by atoms with Gasteiger partial charge in [0.2, 0.25) is 5.91 Å². The number of hydrogen-bond acceptors (Lipinski definition) is 7. The molecule has 0 radical (unpaired) electrons. The van der Waals surface area contributed by atoms with E-state index in [0.717, 1.165) is 24.8 Å². The molecule has 0 spiro atoms. The molecule has 2 atom stereocenters. The Morgan fingerprint density at radius 1 is 1.12 bits per heavy atom. The van der Waals surface area contributed by atoms with Gasteiger partial charge in [-0.3, -0.25) is 14.1 Å². The average Bonchev–Trinajstić information content (AvgIpc) is 2.80. The maximum Gasteiger partial charge on any atom is 0.459 e. The second-order valence-corrected chi connectivity index (χ2v) is 9.85. The predicted molar refractivity (Wildman–Crippen MR) is 132 cm³/mol. The first-order valence-electron chi connectivity index (χ1n) is 11.5. The van der Waals surface area contributed by atoms with Gasteiger partial charge in [0, 0.05) is 20.1 Å². The molecule has 34 heavy (non-hydrogen) atoms. The van der Waals surface area contributed by atoms with Crippen molar-refractivity contribution in [2.24, 2.45) is 5.92 Å². The predicted octanol–water partition coefficient (Wildman–Crippen LogP) is 4.76. The number of rotatable bonds is 16. The second-order valence-electron chi connectivity index (χ2n) is 8.05. The van der Waals surface area contributed by atoms with Crippen molar-refractivity contribution in [1.29, 1.82) is 0 Å². The van der Waals surface area contributed by atoms with Crippen molar-refractivity contribution in [3.05, 3.63) is 35.9 Å². The Kier molecular flexibility index (Phi) is 13.6. The lowest BCUT2D eigenvalue weighted by Gasteiger charge is -2.22. The molecule has 0 aliphatic heterocycles. The van der Waals surface area contributed by atoms with Crippen LogP contribution in [0.2, 0.25) is 0 Å². The third kappa shape index (κ3) is 11.2. The minimum Gasteiger partial charge on any atom is -0.493 e. The molecule has 1 aromatic rings. The fourth-order valence-corrected chi connectivity index (χ4v) is 4.13. The van der Waals surface area contributed by atoms with Gasteiger partial charge in [-0.25, -0.2) is 4.57 Å². The summed E-state index contributed by atoms with van der Waals surface area (Å²) in [5.74, 6) is 0.428. The molecule has 9 nitrogen and oxygen atoms in total. The highest BCUT2D eigenvalue weighted by molar-refractivity contribution is 7.52. The fourth-order valence-electron chi connectivity index (χ4n) is 2.91. The summed E-state index contributed by atoms with van der Waals surface area (Å²) in [5, 5.41) is 5.43. The third-order valence-electron chi connectivity index (χ3n) is 4.71. The molecule has 1 aromatic carbocycles. The van der Waals surface area contributed by atoms with E-state index in [-0.39, 0.29) is 18.3 Å². The van der Waals surface area contributed by atoms with E-state index in [0.29, 0.717) is 24.6 Å². The van der Waals surface area contributed by atoms with Crippen LogP contribution in [-0.2, 0) is 30.0 Å². The van der Waals surface area contributed by atoms with Gasteiger partial charge in [0.15, 0.2) is 11.5 Å². The lowest BCUT2D eigenvalue weighted by Crippen LogP contribution is -2.34. The zero-order valence-corrected chi connectivity index (χ0v) is 22.0. The van der Waals surface area contributed by atoms with Gasteiger partial charge in [0.25, 0.3) is 0 Å². The van der Waals surface area contributed by atoms with Gasteiger partial charge in [0.05, 0.1) is 13.7 Å². The number of carbonyl (C=O) groups excluding carboxylic acids is 2. The van der Waals surface area contributed by atoms with E-state index >= 15 is 0 Å². The molecular weight excluding hydrogens is 459 g/mol. The molecule has 0 saturated carbocycles. The Hall–Kier alpha value is -2.35. The Balaban J connectivity index is 2.65. The second kappa shape index (κ2) is 15.5. The number of unbranched alkanes of at least 4 members (excludes halogenated alkanes) is 2. The van der Waals surface area contributed by atoms with E-state index in [1.165, 1.54) is 21.1 Å². The van der Waals surface area contributed by atoms with Gasteiger partial charge in [0.1, 0.15) is 6.04 Å². The Bertz CT molecular complexity index is 858. The summed E-state index contributed by atoms with van der Waals surface area (Å²) in [6, 6.07) is 4.08. The van der Waals surface area contributed by atoms with Crippen molar-refractivity contribution in [2.45, 2.75) is 66.0 Å². The van der Waals surface area contributed by atoms with Crippen LogP contribution >= 0.6 is 7.75 Å². The number of hydrogen-bond donors (Lipinski definition) is 2. The van der Waals surface area contributed by atoms with E-state index in [1.807, 2.05) is 0 Å².